The SMILES string of the molecule is Cc1ccc(C(=O)Nc2ccc(Cl)c(C(F)(F)F)c2)cc1C#Cc1cc(-c2c(C)n[nH]c2C)cnc1N. The minimum atomic E-state index is -4.65. The highest BCUT2D eigenvalue weighted by atomic mass is 35.5. The lowest BCUT2D eigenvalue weighted by Gasteiger charge is -2.12. The van der Waals surface area contributed by atoms with E-state index < -0.39 is 22.7 Å². The number of H-pyrrole nitrogens is 1. The number of carbonyl (C=O) groups excluding carboxylic acids is 1. The molecule has 0 atom stereocenters. The molecule has 1 amide bonds. The van der Waals surface area contributed by atoms with Gasteiger partial charge in [0.15, 0.2) is 0 Å². The number of rotatable bonds is 3. The van der Waals surface area contributed by atoms with Crippen LogP contribution in [0.1, 0.15) is 44.0 Å². The molecule has 0 aliphatic heterocycles. The highest BCUT2D eigenvalue weighted by Crippen LogP contribution is 2.36. The Labute approximate surface area is 216 Å². The van der Waals surface area contributed by atoms with E-state index in [1.165, 1.54) is 6.07 Å². The van der Waals surface area contributed by atoms with Crippen LogP contribution in [-0.2, 0) is 6.18 Å². The van der Waals surface area contributed by atoms with Gasteiger partial charge in [0.2, 0.25) is 0 Å². The summed E-state index contributed by atoms with van der Waals surface area (Å²) in [6.45, 7) is 5.62. The van der Waals surface area contributed by atoms with E-state index >= 15 is 0 Å². The molecule has 0 unspecified atom stereocenters. The number of benzene rings is 2. The van der Waals surface area contributed by atoms with E-state index in [9.17, 15) is 18.0 Å². The molecule has 0 saturated carbocycles. The summed E-state index contributed by atoms with van der Waals surface area (Å²) in [5.41, 5.74) is 10.5. The van der Waals surface area contributed by atoms with Crippen molar-refractivity contribution in [3.63, 3.8) is 0 Å². The number of aryl methyl sites for hydroxylation is 3. The first-order chi connectivity index (χ1) is 17.4. The number of hydrogen-bond acceptors (Lipinski definition) is 4. The van der Waals surface area contributed by atoms with Crippen molar-refractivity contribution < 1.29 is 18.0 Å². The van der Waals surface area contributed by atoms with Crippen molar-refractivity contribution in [3.05, 3.63) is 92.9 Å². The number of alkyl halides is 3. The van der Waals surface area contributed by atoms with Gasteiger partial charge < -0.3 is 11.1 Å². The molecular formula is C27H21ClF3N5O. The lowest BCUT2D eigenvalue weighted by Crippen LogP contribution is -2.14. The summed E-state index contributed by atoms with van der Waals surface area (Å²) < 4.78 is 39.5. The van der Waals surface area contributed by atoms with Gasteiger partial charge in [0.1, 0.15) is 5.82 Å². The van der Waals surface area contributed by atoms with Crippen LogP contribution in [0.15, 0.2) is 48.7 Å². The van der Waals surface area contributed by atoms with Crippen molar-refractivity contribution in [2.24, 2.45) is 0 Å². The molecule has 188 valence electrons. The standard InChI is InChI=1S/C27H21ClF3N5O/c1-14-4-5-19(26(37)34-21-8-9-23(28)22(12-21)27(29,30)31)10-17(14)6-7-18-11-20(13-33-25(18)32)24-15(2)35-36-16(24)3/h4-5,8-13H,1-3H3,(H2,32,33)(H,34,37)(H,35,36). The van der Waals surface area contributed by atoms with Gasteiger partial charge in [-0.25, -0.2) is 4.98 Å². The van der Waals surface area contributed by atoms with Crippen molar-refractivity contribution in [1.82, 2.24) is 15.2 Å². The topological polar surface area (TPSA) is 96.7 Å². The first kappa shape index (κ1) is 25.8. The van der Waals surface area contributed by atoms with E-state index in [0.717, 1.165) is 40.2 Å². The number of nitrogens with two attached hydrogens (primary N) is 1. The molecule has 2 heterocycles. The Morgan fingerprint density at radius 2 is 1.78 bits per heavy atom. The zero-order chi connectivity index (χ0) is 26.9. The average Bonchev–Trinajstić information content (AvgIpc) is 3.17. The molecule has 0 radical (unpaired) electrons. The Hall–Kier alpha value is -4.29. The second-order valence-corrected chi connectivity index (χ2v) is 8.80. The predicted molar refractivity (Wildman–Crippen MR) is 137 cm³/mol. The molecule has 0 bridgehead atoms. The van der Waals surface area contributed by atoms with Crippen LogP contribution >= 0.6 is 11.6 Å². The average molecular weight is 524 g/mol. The third kappa shape index (κ3) is 5.60. The van der Waals surface area contributed by atoms with Gasteiger partial charge in [0.05, 0.1) is 21.8 Å². The number of nitrogens with one attached hydrogen (secondary N) is 2. The van der Waals surface area contributed by atoms with Gasteiger partial charge in [-0.05, 0) is 62.7 Å². The van der Waals surface area contributed by atoms with Gasteiger partial charge in [0, 0.05) is 39.8 Å². The molecule has 0 saturated heterocycles. The van der Waals surface area contributed by atoms with E-state index in [1.54, 1.807) is 24.4 Å². The maximum Gasteiger partial charge on any atom is 0.417 e. The van der Waals surface area contributed by atoms with Crippen LogP contribution in [-0.4, -0.2) is 21.1 Å². The number of halogens is 4. The van der Waals surface area contributed by atoms with Crippen molar-refractivity contribution >= 4 is 29.0 Å². The fourth-order valence-corrected chi connectivity index (χ4v) is 3.97. The van der Waals surface area contributed by atoms with Gasteiger partial charge in [-0.2, -0.15) is 18.3 Å². The van der Waals surface area contributed by atoms with E-state index in [2.05, 4.69) is 32.3 Å². The summed E-state index contributed by atoms with van der Waals surface area (Å²) in [6, 6.07) is 9.85. The van der Waals surface area contributed by atoms with Crippen LogP contribution in [0.5, 0.6) is 0 Å². The number of aromatic amines is 1. The summed E-state index contributed by atoms with van der Waals surface area (Å²) in [5, 5.41) is 9.17. The largest absolute Gasteiger partial charge is 0.417 e. The van der Waals surface area contributed by atoms with E-state index in [1.807, 2.05) is 26.8 Å². The van der Waals surface area contributed by atoms with Crippen LogP contribution in [0, 0.1) is 32.6 Å². The fraction of sp³-hybridized carbons (Fsp3) is 0.148. The Morgan fingerprint density at radius 1 is 1.05 bits per heavy atom. The molecule has 0 aliphatic carbocycles. The molecule has 4 N–H and O–H groups in total. The summed E-state index contributed by atoms with van der Waals surface area (Å²) >= 11 is 5.66. The highest BCUT2D eigenvalue weighted by molar-refractivity contribution is 6.31. The van der Waals surface area contributed by atoms with Crippen molar-refractivity contribution in [2.75, 3.05) is 11.1 Å². The molecule has 37 heavy (non-hydrogen) atoms. The third-order valence-electron chi connectivity index (χ3n) is 5.70. The maximum absolute atomic E-state index is 13.2. The fourth-order valence-electron chi connectivity index (χ4n) is 3.74. The molecule has 10 heteroatoms. The van der Waals surface area contributed by atoms with Gasteiger partial charge in [-0.1, -0.05) is 29.5 Å². The van der Waals surface area contributed by atoms with Gasteiger partial charge in [0.25, 0.3) is 5.91 Å². The van der Waals surface area contributed by atoms with Crippen LogP contribution in [0.2, 0.25) is 5.02 Å². The van der Waals surface area contributed by atoms with Crippen LogP contribution in [0.3, 0.4) is 0 Å². The van der Waals surface area contributed by atoms with E-state index in [-0.39, 0.29) is 17.1 Å². The Kier molecular flexibility index (Phi) is 6.96. The summed E-state index contributed by atoms with van der Waals surface area (Å²) in [7, 11) is 0. The maximum atomic E-state index is 13.2. The Bertz CT molecular complexity index is 1560. The van der Waals surface area contributed by atoms with E-state index in [4.69, 9.17) is 17.3 Å². The summed E-state index contributed by atoms with van der Waals surface area (Å²) in [4.78, 5) is 17.0. The number of hydrogen-bond donors (Lipinski definition) is 3. The molecule has 2 aromatic heterocycles. The second-order valence-electron chi connectivity index (χ2n) is 8.39. The van der Waals surface area contributed by atoms with Crippen LogP contribution in [0.25, 0.3) is 11.1 Å². The summed E-state index contributed by atoms with van der Waals surface area (Å²) in [6.07, 6.45) is -2.99. The minimum Gasteiger partial charge on any atom is -0.383 e. The highest BCUT2D eigenvalue weighted by Gasteiger charge is 2.33. The van der Waals surface area contributed by atoms with Crippen molar-refractivity contribution in [1.29, 1.82) is 0 Å². The smallest absolute Gasteiger partial charge is 0.383 e. The number of nitrogens with zero attached hydrogens (tertiary/aromatic N) is 2. The molecule has 2 aromatic carbocycles. The number of nitrogen functional groups attached to an aromatic ring is 1. The zero-order valence-electron chi connectivity index (χ0n) is 20.0. The molecule has 6 nitrogen and oxygen atoms in total. The van der Waals surface area contributed by atoms with Crippen molar-refractivity contribution in [3.8, 4) is 23.0 Å². The quantitative estimate of drug-likeness (QED) is 0.274. The van der Waals surface area contributed by atoms with E-state index in [0.29, 0.717) is 11.1 Å². The van der Waals surface area contributed by atoms with Crippen LogP contribution < -0.4 is 11.1 Å². The monoisotopic (exact) mass is 523 g/mol. The molecule has 4 rings (SSSR count). The first-order valence-corrected chi connectivity index (χ1v) is 11.4. The lowest BCUT2D eigenvalue weighted by molar-refractivity contribution is -0.137. The second kappa shape index (κ2) is 9.99. The molecule has 4 aromatic rings. The predicted octanol–water partition coefficient (Wildman–Crippen LogP) is 6.30. The number of amides is 1. The number of carbonyl (C=O) groups is 1. The molecule has 0 fully saturated rings. The van der Waals surface area contributed by atoms with Gasteiger partial charge in [-0.3, -0.25) is 9.89 Å². The lowest BCUT2D eigenvalue weighted by atomic mass is 10.0. The van der Waals surface area contributed by atoms with Gasteiger partial charge >= 0.3 is 6.18 Å². The number of aromatic nitrogens is 3. The summed E-state index contributed by atoms with van der Waals surface area (Å²) in [5.74, 6) is 5.71. The van der Waals surface area contributed by atoms with Crippen molar-refractivity contribution in [2.45, 2.75) is 26.9 Å². The zero-order valence-corrected chi connectivity index (χ0v) is 20.8. The normalized spacial score (nSPS) is 11.1. The Balaban J connectivity index is 1.62. The van der Waals surface area contributed by atoms with Crippen LogP contribution in [0.4, 0.5) is 24.7 Å². The molecular weight excluding hydrogens is 503 g/mol. The first-order valence-electron chi connectivity index (χ1n) is 11.0. The third-order valence-corrected chi connectivity index (χ3v) is 6.03. The van der Waals surface area contributed by atoms with Gasteiger partial charge in [-0.15, -0.1) is 0 Å². The Morgan fingerprint density at radius 3 is 2.46 bits per heavy atom. The number of anilines is 2. The minimum absolute atomic E-state index is 0.0320. The molecule has 0 aliphatic rings. The number of pyridine rings is 1. The molecule has 0 spiro atoms.